The van der Waals surface area contributed by atoms with Gasteiger partial charge >= 0.3 is 68.9 Å². The van der Waals surface area contributed by atoms with Gasteiger partial charge in [0.2, 0.25) is 0 Å². The first kappa shape index (κ1) is 33.9. The zero-order valence-corrected chi connectivity index (χ0v) is 9.41. The van der Waals surface area contributed by atoms with E-state index < -0.39 is 0 Å². The first-order valence-corrected chi connectivity index (χ1v) is 0. The van der Waals surface area contributed by atoms with Crippen LogP contribution in [0.2, 0.25) is 0 Å². The average molecular weight is 204 g/mol. The molecule has 0 unspecified atom stereocenters. The Balaban J connectivity index is 0. The van der Waals surface area contributed by atoms with E-state index in [1.54, 1.807) is 0 Å². The minimum absolute atomic E-state index is 0. The Morgan fingerprint density at radius 3 is 0.750 bits per heavy atom. The smallest absolute Gasteiger partial charge is 1.00 e. The fourth-order valence-electron chi connectivity index (χ4n) is 0. The number of rotatable bonds is 0. The zero-order chi connectivity index (χ0) is 0. The summed E-state index contributed by atoms with van der Waals surface area (Å²) in [7, 11) is 0. The normalized spacial score (nSPS) is 0. The summed E-state index contributed by atoms with van der Waals surface area (Å²) in [5.74, 6) is 0. The van der Waals surface area contributed by atoms with Gasteiger partial charge in [-0.1, -0.05) is 0 Å². The molecule has 0 rings (SSSR count). The van der Waals surface area contributed by atoms with Crippen molar-refractivity contribution >= 4 is 0 Å². The Morgan fingerprint density at radius 1 is 0.750 bits per heavy atom. The van der Waals surface area contributed by atoms with Gasteiger partial charge in [0.15, 0.2) is 0 Å². The second-order valence-corrected chi connectivity index (χ2v) is 0. The molecule has 4 heavy (non-hydrogen) atoms. The summed E-state index contributed by atoms with van der Waals surface area (Å²) >= 11 is 0. The van der Waals surface area contributed by atoms with Gasteiger partial charge in [-0.3, -0.25) is 0 Å². The molecule has 0 aliphatic heterocycles. The van der Waals surface area contributed by atoms with Gasteiger partial charge in [-0.25, -0.2) is 0 Å². The Hall–Kier alpha value is 2.26. The summed E-state index contributed by atoms with van der Waals surface area (Å²) in [5, 5.41) is 0. The first-order valence-electron chi connectivity index (χ1n) is 0. The van der Waals surface area contributed by atoms with E-state index in [1.807, 2.05) is 0 Å². The molecule has 0 fully saturated rings. The maximum absolute atomic E-state index is 0. The van der Waals surface area contributed by atoms with Crippen LogP contribution in [0.1, 0.15) is 0 Å². The summed E-state index contributed by atoms with van der Waals surface area (Å²) in [6.45, 7) is 0. The third-order valence-corrected chi connectivity index (χ3v) is 0. The molecule has 0 atom stereocenters. The van der Waals surface area contributed by atoms with Crippen LogP contribution in [0.3, 0.4) is 0 Å². The molecule has 0 radical (unpaired) electrons. The van der Waals surface area contributed by atoms with Gasteiger partial charge in [0.1, 0.15) is 0 Å². The molecule has 0 saturated heterocycles. The monoisotopic (exact) mass is 204 g/mol. The predicted molar refractivity (Wildman–Crippen MR) is 7.23 cm³/mol. The molecule has 0 heterocycles. The van der Waals surface area contributed by atoms with Crippen LogP contribution in [-0.4, -0.2) is 11.0 Å². The van der Waals surface area contributed by atoms with E-state index >= 15 is 0 Å². The van der Waals surface area contributed by atoms with E-state index in [1.165, 1.54) is 0 Å². The van der Waals surface area contributed by atoms with Gasteiger partial charge in [-0.2, -0.15) is 0 Å². The molecule has 0 saturated carbocycles. The van der Waals surface area contributed by atoms with E-state index in [9.17, 15) is 0 Å². The molecule has 0 aromatic heterocycles. The summed E-state index contributed by atoms with van der Waals surface area (Å²) in [6, 6.07) is 0. The fourth-order valence-corrected chi connectivity index (χ4v) is 0. The standard InChI is InChI=1S/ClH.Cs.2H2O/h1H;;2*1H2/q;+1;;/p-1. The maximum atomic E-state index is 0. The van der Waals surface area contributed by atoms with Crippen LogP contribution >= 0.6 is 0 Å². The van der Waals surface area contributed by atoms with Gasteiger partial charge in [0.25, 0.3) is 0 Å². The SMILES string of the molecule is O.O.[Cl-].[Cs+]. The molecule has 0 aliphatic carbocycles. The maximum Gasteiger partial charge on any atom is 1.00 e. The second kappa shape index (κ2) is 18.7. The molecule has 0 amide bonds. The molecular formula is H4ClCsO2. The summed E-state index contributed by atoms with van der Waals surface area (Å²) in [5.41, 5.74) is 0. The van der Waals surface area contributed by atoms with Crippen molar-refractivity contribution in [1.82, 2.24) is 0 Å². The molecule has 0 aliphatic rings. The van der Waals surface area contributed by atoms with E-state index in [4.69, 9.17) is 0 Å². The van der Waals surface area contributed by atoms with Gasteiger partial charge in [0.05, 0.1) is 0 Å². The quantitative estimate of drug-likeness (QED) is 0.376. The van der Waals surface area contributed by atoms with Crippen molar-refractivity contribution in [2.24, 2.45) is 0 Å². The van der Waals surface area contributed by atoms with E-state index in [2.05, 4.69) is 0 Å². The molecule has 0 aromatic rings. The van der Waals surface area contributed by atoms with E-state index in [0.717, 1.165) is 0 Å². The second-order valence-electron chi connectivity index (χ2n) is 0. The van der Waals surface area contributed by atoms with Gasteiger partial charge < -0.3 is 23.4 Å². The van der Waals surface area contributed by atoms with Crippen molar-refractivity contribution in [3.63, 3.8) is 0 Å². The zero-order valence-electron chi connectivity index (χ0n) is 2.38. The third kappa shape index (κ3) is 8.86. The average Bonchev–Trinajstić information content (AvgIpc) is 0. The summed E-state index contributed by atoms with van der Waals surface area (Å²) < 4.78 is 0. The molecule has 0 aromatic carbocycles. The number of hydrogen-bond donors (Lipinski definition) is 0. The molecular weight excluding hydrogens is 200 g/mol. The van der Waals surface area contributed by atoms with Crippen molar-refractivity contribution in [2.75, 3.05) is 0 Å². The van der Waals surface area contributed by atoms with Crippen molar-refractivity contribution in [3.8, 4) is 0 Å². The van der Waals surface area contributed by atoms with E-state index in [-0.39, 0.29) is 92.3 Å². The Kier molecular flexibility index (Phi) is 158. The Bertz CT molecular complexity index is 6.00. The van der Waals surface area contributed by atoms with Crippen LogP contribution in [0.5, 0.6) is 0 Å². The third-order valence-electron chi connectivity index (χ3n) is 0. The largest absolute Gasteiger partial charge is 1.00 e. The van der Waals surface area contributed by atoms with Crippen LogP contribution in [0, 0.1) is 0 Å². The predicted octanol–water partition coefficient (Wildman–Crippen LogP) is -7.64. The molecule has 0 bridgehead atoms. The fraction of sp³-hybridized carbons (Fsp3) is 0. The Morgan fingerprint density at radius 2 is 0.750 bits per heavy atom. The van der Waals surface area contributed by atoms with Gasteiger partial charge in [0, 0.05) is 0 Å². The Labute approximate surface area is 89.8 Å². The minimum atomic E-state index is 0. The minimum Gasteiger partial charge on any atom is -1.00 e. The van der Waals surface area contributed by atoms with Crippen LogP contribution in [0.4, 0.5) is 0 Å². The van der Waals surface area contributed by atoms with E-state index in [0.29, 0.717) is 0 Å². The number of hydrogen-bond acceptors (Lipinski definition) is 0. The van der Waals surface area contributed by atoms with Crippen molar-refractivity contribution in [2.45, 2.75) is 0 Å². The molecule has 24 valence electrons. The van der Waals surface area contributed by atoms with Crippen molar-refractivity contribution in [1.29, 1.82) is 0 Å². The van der Waals surface area contributed by atoms with Crippen molar-refractivity contribution in [3.05, 3.63) is 0 Å². The first-order chi connectivity index (χ1) is 0. The molecule has 4 N–H and O–H groups in total. The summed E-state index contributed by atoms with van der Waals surface area (Å²) in [4.78, 5) is 0. The van der Waals surface area contributed by atoms with Crippen LogP contribution < -0.4 is 81.3 Å². The summed E-state index contributed by atoms with van der Waals surface area (Å²) in [6.07, 6.45) is 0. The van der Waals surface area contributed by atoms with Gasteiger partial charge in [-0.15, -0.1) is 0 Å². The molecule has 2 nitrogen and oxygen atoms in total. The van der Waals surface area contributed by atoms with Crippen molar-refractivity contribution < 1.29 is 92.3 Å². The van der Waals surface area contributed by atoms with Crippen LogP contribution in [-0.2, 0) is 0 Å². The topological polar surface area (TPSA) is 63.0 Å². The number of halogens is 1. The molecule has 4 heteroatoms. The molecule has 0 spiro atoms. The van der Waals surface area contributed by atoms with Gasteiger partial charge in [-0.05, 0) is 0 Å². The van der Waals surface area contributed by atoms with Crippen LogP contribution in [0.15, 0.2) is 0 Å². The van der Waals surface area contributed by atoms with Crippen LogP contribution in [0.25, 0.3) is 0 Å².